The molecule has 2 aliphatic rings. The first-order valence-electron chi connectivity index (χ1n) is 10.3. The SMILES string of the molecule is CC(=O)N1CC[C@@H]2[C@H]1CCCCN2CC(=O)N(Cc1ccccc1)C(C)C. The Morgan fingerprint density at radius 3 is 2.48 bits per heavy atom. The summed E-state index contributed by atoms with van der Waals surface area (Å²) < 4.78 is 0. The minimum atomic E-state index is 0.165. The van der Waals surface area contributed by atoms with Gasteiger partial charge in [0.05, 0.1) is 6.54 Å². The molecule has 3 rings (SSSR count). The standard InChI is InChI=1S/C22H33N3O2/c1-17(2)25(15-19-9-5-4-6-10-19)22(27)16-23-13-8-7-11-21-20(23)12-14-24(21)18(3)26/h4-6,9-10,17,20-21H,7-8,11-16H2,1-3H3/t20-,21-/m1/s1. The van der Waals surface area contributed by atoms with E-state index in [2.05, 4.69) is 30.9 Å². The summed E-state index contributed by atoms with van der Waals surface area (Å²) in [5.41, 5.74) is 1.16. The summed E-state index contributed by atoms with van der Waals surface area (Å²) in [4.78, 5) is 31.5. The van der Waals surface area contributed by atoms with Crippen LogP contribution in [0.4, 0.5) is 0 Å². The van der Waals surface area contributed by atoms with E-state index >= 15 is 0 Å². The zero-order valence-corrected chi connectivity index (χ0v) is 16.9. The van der Waals surface area contributed by atoms with E-state index in [1.54, 1.807) is 6.92 Å². The molecule has 0 saturated carbocycles. The number of amides is 2. The lowest BCUT2D eigenvalue weighted by atomic mass is 10.0. The smallest absolute Gasteiger partial charge is 0.237 e. The van der Waals surface area contributed by atoms with E-state index in [0.29, 0.717) is 19.1 Å². The maximum Gasteiger partial charge on any atom is 0.237 e. The minimum absolute atomic E-state index is 0.165. The van der Waals surface area contributed by atoms with E-state index in [4.69, 9.17) is 0 Å². The maximum atomic E-state index is 13.2. The first-order valence-corrected chi connectivity index (χ1v) is 10.3. The van der Waals surface area contributed by atoms with Gasteiger partial charge in [-0.1, -0.05) is 36.8 Å². The van der Waals surface area contributed by atoms with Crippen LogP contribution in [0.5, 0.6) is 0 Å². The average Bonchev–Trinajstić information content (AvgIpc) is 2.97. The first-order chi connectivity index (χ1) is 13.0. The second-order valence-electron chi connectivity index (χ2n) is 8.20. The van der Waals surface area contributed by atoms with Crippen LogP contribution in [-0.2, 0) is 16.1 Å². The van der Waals surface area contributed by atoms with E-state index in [0.717, 1.165) is 44.3 Å². The van der Waals surface area contributed by atoms with E-state index in [1.165, 1.54) is 0 Å². The molecule has 27 heavy (non-hydrogen) atoms. The van der Waals surface area contributed by atoms with Gasteiger partial charge >= 0.3 is 0 Å². The van der Waals surface area contributed by atoms with Gasteiger partial charge in [-0.25, -0.2) is 0 Å². The minimum Gasteiger partial charge on any atom is -0.338 e. The molecule has 2 saturated heterocycles. The van der Waals surface area contributed by atoms with Crippen molar-refractivity contribution in [2.45, 2.75) is 71.1 Å². The van der Waals surface area contributed by atoms with Crippen LogP contribution in [0.1, 0.15) is 52.0 Å². The molecule has 2 aliphatic heterocycles. The van der Waals surface area contributed by atoms with Gasteiger partial charge in [0.15, 0.2) is 0 Å². The number of nitrogens with zero attached hydrogens (tertiary/aromatic N) is 3. The van der Waals surface area contributed by atoms with Crippen molar-refractivity contribution < 1.29 is 9.59 Å². The Hall–Kier alpha value is -1.88. The molecule has 0 unspecified atom stereocenters. The second kappa shape index (κ2) is 8.87. The van der Waals surface area contributed by atoms with Crippen molar-refractivity contribution in [3.63, 3.8) is 0 Å². The van der Waals surface area contributed by atoms with Crippen LogP contribution in [-0.4, -0.2) is 64.3 Å². The van der Waals surface area contributed by atoms with Crippen molar-refractivity contribution >= 4 is 11.8 Å². The number of carbonyl (C=O) groups is 2. The Morgan fingerprint density at radius 1 is 1.07 bits per heavy atom. The highest BCUT2D eigenvalue weighted by Gasteiger charge is 2.40. The van der Waals surface area contributed by atoms with Crippen LogP contribution < -0.4 is 0 Å². The molecule has 1 aromatic carbocycles. The van der Waals surface area contributed by atoms with Crippen LogP contribution in [0.15, 0.2) is 30.3 Å². The number of benzene rings is 1. The molecule has 2 fully saturated rings. The van der Waals surface area contributed by atoms with Gasteiger partial charge in [0, 0.05) is 38.1 Å². The Bertz CT molecular complexity index is 646. The summed E-state index contributed by atoms with van der Waals surface area (Å²) in [5, 5.41) is 0. The summed E-state index contributed by atoms with van der Waals surface area (Å²) in [5.74, 6) is 0.360. The zero-order chi connectivity index (χ0) is 19.4. The van der Waals surface area contributed by atoms with E-state index in [1.807, 2.05) is 28.0 Å². The molecule has 0 bridgehead atoms. The van der Waals surface area contributed by atoms with Gasteiger partial charge in [0.25, 0.3) is 0 Å². The van der Waals surface area contributed by atoms with Gasteiger partial charge in [0.1, 0.15) is 0 Å². The maximum absolute atomic E-state index is 13.2. The lowest BCUT2D eigenvalue weighted by molar-refractivity contribution is -0.135. The molecule has 0 spiro atoms. The number of fused-ring (bicyclic) bond motifs is 1. The van der Waals surface area contributed by atoms with Crippen LogP contribution in [0, 0.1) is 0 Å². The fourth-order valence-corrected chi connectivity index (χ4v) is 4.64. The first kappa shape index (κ1) is 19.9. The predicted molar refractivity (Wildman–Crippen MR) is 107 cm³/mol. The number of carbonyl (C=O) groups excluding carboxylic acids is 2. The number of hydrogen-bond acceptors (Lipinski definition) is 3. The largest absolute Gasteiger partial charge is 0.338 e. The van der Waals surface area contributed by atoms with Crippen molar-refractivity contribution in [3.05, 3.63) is 35.9 Å². The van der Waals surface area contributed by atoms with E-state index < -0.39 is 0 Å². The molecule has 0 N–H and O–H groups in total. The van der Waals surface area contributed by atoms with Crippen molar-refractivity contribution in [2.24, 2.45) is 0 Å². The molecule has 0 radical (unpaired) electrons. The third-order valence-corrected chi connectivity index (χ3v) is 6.06. The predicted octanol–water partition coefficient (Wildman–Crippen LogP) is 2.90. The number of rotatable bonds is 5. The van der Waals surface area contributed by atoms with Crippen molar-refractivity contribution in [2.75, 3.05) is 19.6 Å². The quantitative estimate of drug-likeness (QED) is 0.799. The van der Waals surface area contributed by atoms with Crippen LogP contribution in [0.25, 0.3) is 0 Å². The fourth-order valence-electron chi connectivity index (χ4n) is 4.64. The molecular formula is C22H33N3O2. The molecule has 148 valence electrons. The van der Waals surface area contributed by atoms with Crippen LogP contribution >= 0.6 is 0 Å². The summed E-state index contributed by atoms with van der Waals surface area (Å²) in [6.07, 6.45) is 4.28. The molecule has 0 aliphatic carbocycles. The summed E-state index contributed by atoms with van der Waals surface area (Å²) in [6.45, 7) is 8.72. The Labute approximate surface area is 163 Å². The summed E-state index contributed by atoms with van der Waals surface area (Å²) in [7, 11) is 0. The zero-order valence-electron chi connectivity index (χ0n) is 16.9. The Balaban J connectivity index is 1.69. The fraction of sp³-hybridized carbons (Fsp3) is 0.636. The summed E-state index contributed by atoms with van der Waals surface area (Å²) in [6, 6.07) is 11.0. The molecule has 5 nitrogen and oxygen atoms in total. The highest BCUT2D eigenvalue weighted by atomic mass is 16.2. The highest BCUT2D eigenvalue weighted by molar-refractivity contribution is 5.78. The monoisotopic (exact) mass is 371 g/mol. The third kappa shape index (κ3) is 4.70. The lowest BCUT2D eigenvalue weighted by Crippen LogP contribution is -2.50. The Morgan fingerprint density at radius 2 is 1.81 bits per heavy atom. The summed E-state index contributed by atoms with van der Waals surface area (Å²) >= 11 is 0. The van der Waals surface area contributed by atoms with Crippen molar-refractivity contribution in [1.29, 1.82) is 0 Å². The van der Waals surface area contributed by atoms with Crippen LogP contribution in [0.2, 0.25) is 0 Å². The van der Waals surface area contributed by atoms with Crippen molar-refractivity contribution in [1.82, 2.24) is 14.7 Å². The van der Waals surface area contributed by atoms with E-state index in [-0.39, 0.29) is 23.9 Å². The molecule has 1 aromatic rings. The molecule has 5 heteroatoms. The average molecular weight is 372 g/mol. The van der Waals surface area contributed by atoms with Crippen LogP contribution in [0.3, 0.4) is 0 Å². The van der Waals surface area contributed by atoms with E-state index in [9.17, 15) is 9.59 Å². The van der Waals surface area contributed by atoms with Gasteiger partial charge in [-0.05, 0) is 45.2 Å². The number of likely N-dealkylation sites (tertiary alicyclic amines) is 2. The molecular weight excluding hydrogens is 338 g/mol. The van der Waals surface area contributed by atoms with Gasteiger partial charge in [-0.15, -0.1) is 0 Å². The molecule has 2 amide bonds. The van der Waals surface area contributed by atoms with Crippen molar-refractivity contribution in [3.8, 4) is 0 Å². The molecule has 2 heterocycles. The van der Waals surface area contributed by atoms with Gasteiger partial charge in [0.2, 0.25) is 11.8 Å². The van der Waals surface area contributed by atoms with Gasteiger partial charge in [-0.3, -0.25) is 14.5 Å². The second-order valence-corrected chi connectivity index (χ2v) is 8.20. The van der Waals surface area contributed by atoms with Gasteiger partial charge in [-0.2, -0.15) is 0 Å². The topological polar surface area (TPSA) is 43.9 Å². The Kier molecular flexibility index (Phi) is 6.53. The number of hydrogen-bond donors (Lipinski definition) is 0. The molecule has 0 aromatic heterocycles. The lowest BCUT2D eigenvalue weighted by Gasteiger charge is -2.35. The normalized spacial score (nSPS) is 23.2. The third-order valence-electron chi connectivity index (χ3n) is 6.06. The highest BCUT2D eigenvalue weighted by Crippen LogP contribution is 2.30. The van der Waals surface area contributed by atoms with Gasteiger partial charge < -0.3 is 9.80 Å². The molecule has 2 atom stereocenters.